The van der Waals surface area contributed by atoms with Crippen LogP contribution in [0.25, 0.3) is 6.08 Å². The van der Waals surface area contributed by atoms with Gasteiger partial charge in [-0.05, 0) is 80.9 Å². The van der Waals surface area contributed by atoms with Gasteiger partial charge in [-0.2, -0.15) is 0 Å². The number of amides is 1. The number of benzene rings is 3. The maximum Gasteiger partial charge on any atom is 0.418 e. The minimum absolute atomic E-state index is 0.00553. The molecule has 0 atom stereocenters. The number of amidine groups is 1. The van der Waals surface area contributed by atoms with Crippen LogP contribution in [0.5, 0.6) is 11.5 Å². The summed E-state index contributed by atoms with van der Waals surface area (Å²) in [7, 11) is -2.14. The molecule has 1 amide bonds. The van der Waals surface area contributed by atoms with E-state index in [-0.39, 0.29) is 41.6 Å². The van der Waals surface area contributed by atoms with Crippen LogP contribution < -0.4 is 19.1 Å². The van der Waals surface area contributed by atoms with E-state index in [2.05, 4.69) is 10.2 Å². The third kappa shape index (κ3) is 10.5. The highest BCUT2D eigenvalue weighted by Crippen LogP contribution is 2.32. The van der Waals surface area contributed by atoms with Gasteiger partial charge in [0.25, 0.3) is 0 Å². The zero-order valence-electron chi connectivity index (χ0n) is 25.9. The standard InChI is InChI=1S/C33H36ClFN4O7S/c1-3-44-31(40)22-47(42,43)39(26-11-14-30(29(34)21-26)45-28-15-18-38(2)19-16-28)17-5-7-23-6-4-8-24(20-23)32(36)37-33(41)46-27-12-9-25(35)10-13-27/h4-14,20-21,28H,3,15-19,22H2,1-2H3,(H2,36,37,41)/b7-5+. The van der Waals surface area contributed by atoms with Gasteiger partial charge in [0.05, 0.1) is 23.9 Å². The molecule has 250 valence electrons. The molecule has 1 heterocycles. The van der Waals surface area contributed by atoms with Gasteiger partial charge in [0, 0.05) is 18.7 Å². The van der Waals surface area contributed by atoms with E-state index in [1.54, 1.807) is 55.5 Å². The monoisotopic (exact) mass is 686 g/mol. The Morgan fingerprint density at radius 1 is 1.11 bits per heavy atom. The van der Waals surface area contributed by atoms with E-state index in [4.69, 9.17) is 31.2 Å². The molecule has 0 unspecified atom stereocenters. The Labute approximate surface area is 278 Å². The Balaban J connectivity index is 1.48. The Bertz CT molecular complexity index is 1710. The van der Waals surface area contributed by atoms with Crippen molar-refractivity contribution < 1.29 is 36.6 Å². The highest BCUT2D eigenvalue weighted by molar-refractivity contribution is 7.93. The quantitative estimate of drug-likeness (QED) is 0.145. The number of rotatable bonds is 12. The minimum atomic E-state index is -4.19. The van der Waals surface area contributed by atoms with Crippen molar-refractivity contribution in [3.05, 3.63) is 94.8 Å². The Morgan fingerprint density at radius 3 is 2.51 bits per heavy atom. The van der Waals surface area contributed by atoms with Crippen LogP contribution in [0.3, 0.4) is 0 Å². The summed E-state index contributed by atoms with van der Waals surface area (Å²) in [5, 5.41) is 10.8. The molecule has 2 N–H and O–H groups in total. The fourth-order valence-electron chi connectivity index (χ4n) is 4.72. The summed E-state index contributed by atoms with van der Waals surface area (Å²) in [6, 6.07) is 16.1. The van der Waals surface area contributed by atoms with Crippen molar-refractivity contribution in [2.45, 2.75) is 25.9 Å². The predicted molar refractivity (Wildman–Crippen MR) is 178 cm³/mol. The molecule has 1 fully saturated rings. The summed E-state index contributed by atoms with van der Waals surface area (Å²) in [5.74, 6) is -1.93. The van der Waals surface area contributed by atoms with Crippen molar-refractivity contribution in [3.8, 4) is 11.5 Å². The van der Waals surface area contributed by atoms with E-state index in [1.807, 2.05) is 7.05 Å². The number of nitrogens with one attached hydrogen (secondary N) is 2. The number of halogens is 2. The number of anilines is 1. The van der Waals surface area contributed by atoms with E-state index in [0.717, 1.165) is 42.4 Å². The molecule has 14 heteroatoms. The lowest BCUT2D eigenvalue weighted by Crippen LogP contribution is -2.36. The number of carbonyl (C=O) groups excluding carboxylic acids is 2. The van der Waals surface area contributed by atoms with Crippen LogP contribution in [-0.2, 0) is 19.6 Å². The summed E-state index contributed by atoms with van der Waals surface area (Å²) < 4.78 is 57.0. The van der Waals surface area contributed by atoms with Gasteiger partial charge in [0.15, 0.2) is 5.75 Å². The average molecular weight is 687 g/mol. The first-order chi connectivity index (χ1) is 22.4. The second-order valence-electron chi connectivity index (χ2n) is 10.7. The fraction of sp³-hybridized carbons (Fsp3) is 0.303. The first-order valence-electron chi connectivity index (χ1n) is 14.8. The van der Waals surface area contributed by atoms with Crippen LogP contribution in [0.15, 0.2) is 72.8 Å². The largest absolute Gasteiger partial charge is 0.489 e. The Morgan fingerprint density at radius 2 is 1.83 bits per heavy atom. The van der Waals surface area contributed by atoms with Crippen LogP contribution in [0.2, 0.25) is 5.02 Å². The first kappa shape index (κ1) is 35.4. The first-order valence-corrected chi connectivity index (χ1v) is 16.8. The van der Waals surface area contributed by atoms with Crippen LogP contribution in [0.4, 0.5) is 14.9 Å². The van der Waals surface area contributed by atoms with Crippen molar-refractivity contribution in [2.24, 2.45) is 0 Å². The number of ether oxygens (including phenoxy) is 3. The molecule has 3 aromatic carbocycles. The molecular weight excluding hydrogens is 651 g/mol. The number of esters is 1. The second kappa shape index (κ2) is 16.4. The molecule has 11 nitrogen and oxygen atoms in total. The molecule has 0 saturated carbocycles. The number of hydrogen-bond donors (Lipinski definition) is 2. The molecule has 0 bridgehead atoms. The van der Waals surface area contributed by atoms with Gasteiger partial charge in [-0.25, -0.2) is 17.6 Å². The highest BCUT2D eigenvalue weighted by atomic mass is 35.5. The van der Waals surface area contributed by atoms with Crippen molar-refractivity contribution in [2.75, 3.05) is 43.3 Å². The molecule has 1 aliphatic rings. The van der Waals surface area contributed by atoms with Crippen molar-refractivity contribution in [1.29, 1.82) is 5.41 Å². The summed E-state index contributed by atoms with van der Waals surface area (Å²) in [6.07, 6.45) is 3.98. The predicted octanol–water partition coefficient (Wildman–Crippen LogP) is 5.48. The van der Waals surface area contributed by atoms with Gasteiger partial charge >= 0.3 is 12.1 Å². The lowest BCUT2D eigenvalue weighted by molar-refractivity contribution is -0.139. The second-order valence-corrected chi connectivity index (χ2v) is 13.0. The Kier molecular flexibility index (Phi) is 12.3. The van der Waals surface area contributed by atoms with Crippen molar-refractivity contribution in [3.63, 3.8) is 0 Å². The van der Waals surface area contributed by atoms with E-state index < -0.39 is 33.7 Å². The fourth-order valence-corrected chi connectivity index (χ4v) is 6.23. The van der Waals surface area contributed by atoms with Gasteiger partial charge in [-0.1, -0.05) is 42.0 Å². The van der Waals surface area contributed by atoms with Crippen LogP contribution >= 0.6 is 11.6 Å². The highest BCUT2D eigenvalue weighted by Gasteiger charge is 2.27. The maximum atomic E-state index is 13.4. The van der Waals surface area contributed by atoms with E-state index in [9.17, 15) is 22.4 Å². The number of nitrogens with zero attached hydrogens (tertiary/aromatic N) is 2. The van der Waals surface area contributed by atoms with E-state index >= 15 is 0 Å². The maximum absolute atomic E-state index is 13.4. The minimum Gasteiger partial charge on any atom is -0.489 e. The third-order valence-electron chi connectivity index (χ3n) is 7.11. The van der Waals surface area contributed by atoms with Crippen LogP contribution in [-0.4, -0.2) is 76.4 Å². The number of likely N-dealkylation sites (tertiary alicyclic amines) is 1. The molecule has 0 aliphatic carbocycles. The topological polar surface area (TPSA) is 138 Å². The van der Waals surface area contributed by atoms with Gasteiger partial charge in [-0.15, -0.1) is 0 Å². The van der Waals surface area contributed by atoms with E-state index in [0.29, 0.717) is 16.9 Å². The average Bonchev–Trinajstić information content (AvgIpc) is 3.02. The summed E-state index contributed by atoms with van der Waals surface area (Å²) in [4.78, 5) is 26.6. The summed E-state index contributed by atoms with van der Waals surface area (Å²) >= 11 is 6.55. The van der Waals surface area contributed by atoms with Gasteiger partial charge in [0.1, 0.15) is 29.3 Å². The molecule has 0 spiro atoms. The van der Waals surface area contributed by atoms with Crippen LogP contribution in [0.1, 0.15) is 30.9 Å². The van der Waals surface area contributed by atoms with Crippen molar-refractivity contribution in [1.82, 2.24) is 10.2 Å². The van der Waals surface area contributed by atoms with Gasteiger partial charge < -0.3 is 19.1 Å². The lowest BCUT2D eigenvalue weighted by Gasteiger charge is -2.30. The number of carbonyl (C=O) groups is 2. The molecule has 1 saturated heterocycles. The molecule has 0 radical (unpaired) electrons. The van der Waals surface area contributed by atoms with Crippen LogP contribution in [0, 0.1) is 11.2 Å². The third-order valence-corrected chi connectivity index (χ3v) is 9.04. The molecular formula is C33H36ClFN4O7S. The Hall–Kier alpha value is -4.46. The number of hydrogen-bond acceptors (Lipinski definition) is 9. The molecule has 1 aliphatic heterocycles. The zero-order chi connectivity index (χ0) is 34.0. The molecule has 3 aromatic rings. The normalized spacial score (nSPS) is 14.0. The lowest BCUT2D eigenvalue weighted by atomic mass is 10.1. The molecule has 0 aromatic heterocycles. The summed E-state index contributed by atoms with van der Waals surface area (Å²) in [6.45, 7) is 3.27. The SMILES string of the molecule is CCOC(=O)CS(=O)(=O)N(C/C=C/c1cccc(C(=N)NC(=O)Oc2ccc(F)cc2)c1)c1ccc(OC2CCN(C)CC2)c(Cl)c1. The molecule has 47 heavy (non-hydrogen) atoms. The molecule has 4 rings (SSSR count). The van der Waals surface area contributed by atoms with Crippen molar-refractivity contribution >= 4 is 51.3 Å². The summed E-state index contributed by atoms with van der Waals surface area (Å²) in [5.41, 5.74) is 1.18. The number of piperidine rings is 1. The van der Waals surface area contributed by atoms with Gasteiger partial charge in [0.2, 0.25) is 10.0 Å². The van der Waals surface area contributed by atoms with Gasteiger partial charge in [-0.3, -0.25) is 19.8 Å². The smallest absolute Gasteiger partial charge is 0.418 e. The zero-order valence-corrected chi connectivity index (χ0v) is 27.5. The van der Waals surface area contributed by atoms with E-state index in [1.165, 1.54) is 18.2 Å². The number of sulfonamides is 1.